The zero-order chi connectivity index (χ0) is 13.9. The van der Waals surface area contributed by atoms with E-state index in [1.807, 2.05) is 0 Å². The third-order valence-electron chi connectivity index (χ3n) is 3.89. The minimum absolute atomic E-state index is 0.322. The molecule has 0 amide bonds. The fraction of sp³-hybridized carbons (Fsp3) is 0.600. The van der Waals surface area contributed by atoms with Crippen LogP contribution in [0.15, 0.2) is 16.6 Å². The van der Waals surface area contributed by atoms with Crippen molar-refractivity contribution in [1.29, 1.82) is 0 Å². The first-order valence-corrected chi connectivity index (χ1v) is 9.05. The van der Waals surface area contributed by atoms with Gasteiger partial charge < -0.3 is 14.8 Å². The van der Waals surface area contributed by atoms with Crippen molar-refractivity contribution >= 4 is 27.7 Å². The first-order chi connectivity index (χ1) is 9.78. The smallest absolute Gasteiger partial charge is 0.231 e. The average molecular weight is 358 g/mol. The van der Waals surface area contributed by atoms with Gasteiger partial charge in [-0.15, -0.1) is 0 Å². The fourth-order valence-electron chi connectivity index (χ4n) is 2.94. The van der Waals surface area contributed by atoms with Crippen LogP contribution in [0.5, 0.6) is 11.5 Å². The Kier molecular flexibility index (Phi) is 4.79. The Bertz CT molecular complexity index is 483. The minimum atomic E-state index is 0.322. The van der Waals surface area contributed by atoms with Crippen molar-refractivity contribution in [2.45, 2.75) is 44.0 Å². The molecule has 0 radical (unpaired) electrons. The van der Waals surface area contributed by atoms with Gasteiger partial charge >= 0.3 is 0 Å². The highest BCUT2D eigenvalue weighted by molar-refractivity contribution is 9.10. The van der Waals surface area contributed by atoms with Crippen molar-refractivity contribution in [3.05, 3.63) is 22.2 Å². The molecule has 110 valence electrons. The molecule has 1 aromatic rings. The maximum atomic E-state index is 5.47. The lowest BCUT2D eigenvalue weighted by Gasteiger charge is -2.20. The first-order valence-electron chi connectivity index (χ1n) is 7.21. The quantitative estimate of drug-likeness (QED) is 0.864. The van der Waals surface area contributed by atoms with E-state index >= 15 is 0 Å². The summed E-state index contributed by atoms with van der Waals surface area (Å²) in [6.07, 6.45) is 3.99. The summed E-state index contributed by atoms with van der Waals surface area (Å²) in [6, 6.07) is 4.85. The Morgan fingerprint density at radius 3 is 3.10 bits per heavy atom. The van der Waals surface area contributed by atoms with E-state index in [2.05, 4.69) is 52.1 Å². The number of hydrogen-bond donors (Lipinski definition) is 1. The van der Waals surface area contributed by atoms with Crippen molar-refractivity contribution < 1.29 is 9.47 Å². The Balaban J connectivity index is 1.62. The summed E-state index contributed by atoms with van der Waals surface area (Å²) in [5, 5.41) is 4.49. The molecule has 1 heterocycles. The van der Waals surface area contributed by atoms with Crippen molar-refractivity contribution in [2.24, 2.45) is 0 Å². The molecule has 2 aliphatic rings. The topological polar surface area (TPSA) is 30.5 Å². The maximum Gasteiger partial charge on any atom is 0.231 e. The number of fused-ring (bicyclic) bond motifs is 1. The Morgan fingerprint density at radius 2 is 2.25 bits per heavy atom. The number of hydrogen-bond acceptors (Lipinski definition) is 4. The van der Waals surface area contributed by atoms with Crippen LogP contribution in [0.4, 0.5) is 0 Å². The van der Waals surface area contributed by atoms with E-state index in [0.29, 0.717) is 12.8 Å². The fourth-order valence-corrected chi connectivity index (χ4v) is 4.77. The van der Waals surface area contributed by atoms with Gasteiger partial charge in [0.25, 0.3) is 0 Å². The lowest BCUT2D eigenvalue weighted by Crippen LogP contribution is -2.33. The molecule has 2 atom stereocenters. The summed E-state index contributed by atoms with van der Waals surface area (Å²) in [4.78, 5) is 0. The summed E-state index contributed by atoms with van der Waals surface area (Å²) >= 11 is 5.64. The number of benzene rings is 1. The van der Waals surface area contributed by atoms with Crippen LogP contribution in [0, 0.1) is 0 Å². The molecule has 0 bridgehead atoms. The van der Waals surface area contributed by atoms with Gasteiger partial charge in [-0.1, -0.05) is 13.3 Å². The van der Waals surface area contributed by atoms with E-state index in [1.54, 1.807) is 0 Å². The molecule has 3 rings (SSSR count). The normalized spacial score (nSPS) is 24.3. The molecule has 1 N–H and O–H groups in total. The summed E-state index contributed by atoms with van der Waals surface area (Å²) in [6.45, 7) is 3.46. The van der Waals surface area contributed by atoms with Gasteiger partial charge in [-0.25, -0.2) is 0 Å². The number of ether oxygens (including phenoxy) is 2. The van der Waals surface area contributed by atoms with Crippen LogP contribution in [-0.4, -0.2) is 23.8 Å². The highest BCUT2D eigenvalue weighted by atomic mass is 79.9. The molecule has 1 saturated carbocycles. The van der Waals surface area contributed by atoms with Gasteiger partial charge in [-0.05, 0) is 52.2 Å². The largest absolute Gasteiger partial charge is 0.454 e. The monoisotopic (exact) mass is 357 g/mol. The third-order valence-corrected chi connectivity index (χ3v) is 5.80. The molecule has 0 spiro atoms. The SMILES string of the molecule is CCSC1CCCC1NCc1cc(Br)c2c(c1)OCO2. The highest BCUT2D eigenvalue weighted by Gasteiger charge is 2.26. The number of nitrogens with one attached hydrogen (secondary N) is 1. The number of rotatable bonds is 5. The lowest BCUT2D eigenvalue weighted by molar-refractivity contribution is 0.173. The Hall–Kier alpha value is -0.390. The van der Waals surface area contributed by atoms with Crippen LogP contribution in [-0.2, 0) is 6.54 Å². The molecule has 1 aromatic carbocycles. The van der Waals surface area contributed by atoms with Gasteiger partial charge in [0.15, 0.2) is 11.5 Å². The Morgan fingerprint density at radius 1 is 1.35 bits per heavy atom. The molecule has 0 aromatic heterocycles. The van der Waals surface area contributed by atoms with Crippen molar-refractivity contribution in [2.75, 3.05) is 12.5 Å². The van der Waals surface area contributed by atoms with Crippen LogP contribution in [0.3, 0.4) is 0 Å². The lowest BCUT2D eigenvalue weighted by atomic mass is 10.1. The molecule has 1 aliphatic heterocycles. The third kappa shape index (κ3) is 3.10. The molecule has 0 saturated heterocycles. The summed E-state index contributed by atoms with van der Waals surface area (Å²) in [5.41, 5.74) is 1.24. The molecule has 1 aliphatic carbocycles. The predicted molar refractivity (Wildman–Crippen MR) is 86.7 cm³/mol. The summed E-state index contributed by atoms with van der Waals surface area (Å²) in [5.74, 6) is 2.88. The van der Waals surface area contributed by atoms with E-state index in [1.165, 1.54) is 30.6 Å². The van der Waals surface area contributed by atoms with Gasteiger partial charge in [-0.3, -0.25) is 0 Å². The predicted octanol–water partition coefficient (Wildman–Crippen LogP) is 3.94. The molecular weight excluding hydrogens is 338 g/mol. The van der Waals surface area contributed by atoms with Crippen molar-refractivity contribution in [3.8, 4) is 11.5 Å². The van der Waals surface area contributed by atoms with Gasteiger partial charge in [0.1, 0.15) is 0 Å². The van der Waals surface area contributed by atoms with Gasteiger partial charge in [0, 0.05) is 17.8 Å². The van der Waals surface area contributed by atoms with Crippen molar-refractivity contribution in [3.63, 3.8) is 0 Å². The number of thioether (sulfide) groups is 1. The van der Waals surface area contributed by atoms with E-state index < -0.39 is 0 Å². The molecule has 1 fully saturated rings. The zero-order valence-electron chi connectivity index (χ0n) is 11.7. The molecule has 2 unspecified atom stereocenters. The summed E-state index contributed by atoms with van der Waals surface area (Å²) in [7, 11) is 0. The second-order valence-corrected chi connectivity index (χ2v) is 7.59. The minimum Gasteiger partial charge on any atom is -0.454 e. The van der Waals surface area contributed by atoms with Crippen molar-refractivity contribution in [1.82, 2.24) is 5.32 Å². The highest BCUT2D eigenvalue weighted by Crippen LogP contribution is 2.40. The zero-order valence-corrected chi connectivity index (χ0v) is 14.1. The van der Waals surface area contributed by atoms with E-state index in [-0.39, 0.29) is 0 Å². The average Bonchev–Trinajstić information content (AvgIpc) is 3.06. The van der Waals surface area contributed by atoms with E-state index in [0.717, 1.165) is 27.8 Å². The summed E-state index contributed by atoms with van der Waals surface area (Å²) < 4.78 is 11.9. The van der Waals surface area contributed by atoms with Gasteiger partial charge in [0.2, 0.25) is 6.79 Å². The Labute approximate surface area is 132 Å². The second-order valence-electron chi connectivity index (χ2n) is 5.22. The first kappa shape index (κ1) is 14.5. The van der Waals surface area contributed by atoms with Gasteiger partial charge in [0.05, 0.1) is 4.47 Å². The van der Waals surface area contributed by atoms with E-state index in [9.17, 15) is 0 Å². The maximum absolute atomic E-state index is 5.47. The second kappa shape index (κ2) is 6.58. The standard InChI is InChI=1S/C15H20BrNO2S/c1-2-20-14-5-3-4-12(14)17-8-10-6-11(16)15-13(7-10)18-9-19-15/h6-7,12,14,17H,2-5,8-9H2,1H3. The van der Waals surface area contributed by atoms with Crippen LogP contribution >= 0.6 is 27.7 Å². The van der Waals surface area contributed by atoms with Gasteiger partial charge in [-0.2, -0.15) is 11.8 Å². The van der Waals surface area contributed by atoms with Crippen LogP contribution in [0.2, 0.25) is 0 Å². The van der Waals surface area contributed by atoms with E-state index in [4.69, 9.17) is 9.47 Å². The van der Waals surface area contributed by atoms with Crippen LogP contribution in [0.1, 0.15) is 31.7 Å². The number of halogens is 1. The molecule has 20 heavy (non-hydrogen) atoms. The molecule has 3 nitrogen and oxygen atoms in total. The van der Waals surface area contributed by atoms with Crippen LogP contribution < -0.4 is 14.8 Å². The molecular formula is C15H20BrNO2S. The van der Waals surface area contributed by atoms with Crippen LogP contribution in [0.25, 0.3) is 0 Å². The molecule has 5 heteroatoms.